The van der Waals surface area contributed by atoms with Crippen LogP contribution in [0.5, 0.6) is 5.75 Å². The zero-order chi connectivity index (χ0) is 17.6. The Hall–Kier alpha value is -2.92. The molecule has 0 bridgehead atoms. The molecule has 3 aromatic carbocycles. The van der Waals surface area contributed by atoms with Gasteiger partial charge >= 0.3 is 5.97 Å². The van der Waals surface area contributed by atoms with E-state index in [1.54, 1.807) is 18.2 Å². The van der Waals surface area contributed by atoms with Crippen molar-refractivity contribution in [3.63, 3.8) is 0 Å². The first-order valence-corrected chi connectivity index (χ1v) is 7.69. The second-order valence-electron chi connectivity index (χ2n) is 5.39. The number of ether oxygens (including phenoxy) is 1. The lowest BCUT2D eigenvalue weighted by molar-refractivity contribution is 0.0734. The number of furan rings is 1. The van der Waals surface area contributed by atoms with Crippen LogP contribution in [-0.4, -0.2) is 5.97 Å². The predicted octanol–water partition coefficient (Wildman–Crippen LogP) is 5.74. The van der Waals surface area contributed by atoms with Crippen LogP contribution in [0.25, 0.3) is 21.9 Å². The molecule has 0 aliphatic rings. The van der Waals surface area contributed by atoms with Crippen molar-refractivity contribution < 1.29 is 22.7 Å². The van der Waals surface area contributed by atoms with Gasteiger partial charge in [0.1, 0.15) is 16.9 Å². The van der Waals surface area contributed by atoms with E-state index in [1.807, 2.05) is 24.3 Å². The number of carbonyl (C=O) groups excluding carboxylic acids is 1. The Bertz CT molecular complexity index is 1130. The molecule has 4 aromatic rings. The van der Waals surface area contributed by atoms with Crippen LogP contribution in [0.3, 0.4) is 0 Å². The van der Waals surface area contributed by atoms with E-state index in [2.05, 4.69) is 0 Å². The van der Waals surface area contributed by atoms with Crippen LogP contribution in [0, 0.1) is 11.6 Å². The number of halogens is 3. The molecule has 124 valence electrons. The van der Waals surface area contributed by atoms with Crippen molar-refractivity contribution in [2.75, 3.05) is 0 Å². The van der Waals surface area contributed by atoms with Crippen LogP contribution in [0.2, 0.25) is 5.02 Å². The van der Waals surface area contributed by atoms with Crippen LogP contribution in [-0.2, 0) is 0 Å². The van der Waals surface area contributed by atoms with Gasteiger partial charge in [-0.15, -0.1) is 0 Å². The lowest BCUT2D eigenvalue weighted by Crippen LogP contribution is -2.10. The first-order valence-electron chi connectivity index (χ1n) is 7.31. The van der Waals surface area contributed by atoms with Gasteiger partial charge in [-0.2, -0.15) is 0 Å². The van der Waals surface area contributed by atoms with Crippen molar-refractivity contribution in [1.82, 2.24) is 0 Å². The fourth-order valence-electron chi connectivity index (χ4n) is 2.61. The van der Waals surface area contributed by atoms with E-state index < -0.39 is 17.6 Å². The maximum Gasteiger partial charge on any atom is 0.345 e. The third-order valence-corrected chi connectivity index (χ3v) is 4.10. The third-order valence-electron chi connectivity index (χ3n) is 3.79. The minimum atomic E-state index is -1.17. The highest BCUT2D eigenvalue weighted by atomic mass is 35.5. The largest absolute Gasteiger partial charge is 0.456 e. The number of benzene rings is 3. The summed E-state index contributed by atoms with van der Waals surface area (Å²) in [7, 11) is 0. The zero-order valence-electron chi connectivity index (χ0n) is 12.6. The van der Waals surface area contributed by atoms with Gasteiger partial charge in [-0.05, 0) is 36.4 Å². The number of carbonyl (C=O) groups is 1. The Kier molecular flexibility index (Phi) is 3.66. The first kappa shape index (κ1) is 15.6. The summed E-state index contributed by atoms with van der Waals surface area (Å²) in [5, 5.41) is 1.43. The third kappa shape index (κ3) is 2.72. The van der Waals surface area contributed by atoms with E-state index >= 15 is 0 Å². The van der Waals surface area contributed by atoms with Gasteiger partial charge in [0, 0.05) is 10.8 Å². The molecule has 4 rings (SSSR count). The summed E-state index contributed by atoms with van der Waals surface area (Å²) in [5.74, 6) is -2.94. The highest BCUT2D eigenvalue weighted by molar-refractivity contribution is 6.33. The minimum absolute atomic E-state index is 0.223. The van der Waals surface area contributed by atoms with Gasteiger partial charge in [0.2, 0.25) is 0 Å². The topological polar surface area (TPSA) is 39.4 Å². The molecule has 0 saturated heterocycles. The maximum atomic E-state index is 13.3. The molecule has 0 fully saturated rings. The Morgan fingerprint density at radius 1 is 0.920 bits per heavy atom. The Balaban J connectivity index is 1.72. The first-order chi connectivity index (χ1) is 12.0. The van der Waals surface area contributed by atoms with Crippen molar-refractivity contribution in [2.45, 2.75) is 0 Å². The molecule has 0 radical (unpaired) electrons. The summed E-state index contributed by atoms with van der Waals surface area (Å²) in [6.45, 7) is 0. The normalized spacial score (nSPS) is 11.2. The van der Waals surface area contributed by atoms with Crippen LogP contribution >= 0.6 is 11.6 Å². The number of fused-ring (bicyclic) bond motifs is 3. The van der Waals surface area contributed by atoms with Gasteiger partial charge in [0.05, 0.1) is 10.6 Å². The van der Waals surface area contributed by atoms with Crippen LogP contribution < -0.4 is 4.74 Å². The fourth-order valence-corrected chi connectivity index (χ4v) is 2.84. The molecule has 1 heterocycles. The monoisotopic (exact) mass is 358 g/mol. The van der Waals surface area contributed by atoms with Crippen molar-refractivity contribution in [1.29, 1.82) is 0 Å². The molecule has 0 amide bonds. The molecule has 1 aromatic heterocycles. The van der Waals surface area contributed by atoms with E-state index in [0.29, 0.717) is 17.2 Å². The van der Waals surface area contributed by atoms with E-state index in [4.69, 9.17) is 20.8 Å². The van der Waals surface area contributed by atoms with Crippen molar-refractivity contribution in [3.8, 4) is 5.75 Å². The Labute approximate surface area is 145 Å². The predicted molar refractivity (Wildman–Crippen MR) is 90.0 cm³/mol. The molecule has 0 N–H and O–H groups in total. The van der Waals surface area contributed by atoms with E-state index in [9.17, 15) is 13.6 Å². The molecule has 0 spiro atoms. The van der Waals surface area contributed by atoms with Gasteiger partial charge in [0.15, 0.2) is 11.6 Å². The molecule has 3 nitrogen and oxygen atoms in total. The van der Waals surface area contributed by atoms with Gasteiger partial charge in [0.25, 0.3) is 0 Å². The molecule has 6 heteroatoms. The Morgan fingerprint density at radius 3 is 2.48 bits per heavy atom. The highest BCUT2D eigenvalue weighted by Crippen LogP contribution is 2.31. The highest BCUT2D eigenvalue weighted by Gasteiger charge is 2.17. The van der Waals surface area contributed by atoms with E-state index in [0.717, 1.165) is 16.8 Å². The fraction of sp³-hybridized carbons (Fsp3) is 0. The van der Waals surface area contributed by atoms with Gasteiger partial charge < -0.3 is 9.15 Å². The molecular formula is C19H9ClF2O3. The molecule has 0 aliphatic heterocycles. The summed E-state index contributed by atoms with van der Waals surface area (Å²) in [5.41, 5.74) is 1.11. The molecular weight excluding hydrogens is 350 g/mol. The SMILES string of the molecule is O=C(Oc1ccc2oc3ccccc3c2c1)c1cc(F)c(F)cc1Cl. The summed E-state index contributed by atoms with van der Waals surface area (Å²) < 4.78 is 37.4. The number of esters is 1. The van der Waals surface area contributed by atoms with E-state index in [-0.39, 0.29) is 16.3 Å². The molecule has 25 heavy (non-hydrogen) atoms. The molecule has 0 aliphatic carbocycles. The second-order valence-corrected chi connectivity index (χ2v) is 5.80. The van der Waals surface area contributed by atoms with Crippen LogP contribution in [0.4, 0.5) is 8.78 Å². The summed E-state index contributed by atoms with van der Waals surface area (Å²) >= 11 is 5.80. The average molecular weight is 359 g/mol. The second kappa shape index (κ2) is 5.86. The van der Waals surface area contributed by atoms with Gasteiger partial charge in [-0.25, -0.2) is 13.6 Å². The average Bonchev–Trinajstić information content (AvgIpc) is 2.96. The van der Waals surface area contributed by atoms with Gasteiger partial charge in [-0.3, -0.25) is 0 Å². The number of rotatable bonds is 2. The van der Waals surface area contributed by atoms with Crippen molar-refractivity contribution in [3.05, 3.63) is 76.8 Å². The summed E-state index contributed by atoms with van der Waals surface area (Å²) in [6.07, 6.45) is 0. The van der Waals surface area contributed by atoms with Gasteiger partial charge in [-0.1, -0.05) is 29.8 Å². The van der Waals surface area contributed by atoms with Crippen molar-refractivity contribution in [2.24, 2.45) is 0 Å². The van der Waals surface area contributed by atoms with Crippen LogP contribution in [0.15, 0.2) is 59.0 Å². The maximum absolute atomic E-state index is 13.3. The van der Waals surface area contributed by atoms with Crippen molar-refractivity contribution >= 4 is 39.5 Å². The molecule has 0 unspecified atom stereocenters. The zero-order valence-corrected chi connectivity index (χ0v) is 13.3. The summed E-state index contributed by atoms with van der Waals surface area (Å²) in [6, 6.07) is 13.8. The van der Waals surface area contributed by atoms with E-state index in [1.165, 1.54) is 0 Å². The minimum Gasteiger partial charge on any atom is -0.456 e. The smallest absolute Gasteiger partial charge is 0.345 e. The number of hydrogen-bond acceptors (Lipinski definition) is 3. The quantitative estimate of drug-likeness (QED) is 0.261. The van der Waals surface area contributed by atoms with Crippen LogP contribution in [0.1, 0.15) is 10.4 Å². The lowest BCUT2D eigenvalue weighted by Gasteiger charge is -2.06. The summed E-state index contributed by atoms with van der Waals surface area (Å²) in [4.78, 5) is 12.2. The standard InChI is InChI=1S/C19H9ClF2O3/c20-14-9-16(22)15(21)8-13(14)19(23)24-10-5-6-18-12(7-10)11-3-1-2-4-17(11)25-18/h1-9H. The lowest BCUT2D eigenvalue weighted by atomic mass is 10.1. The number of para-hydroxylation sites is 1. The number of hydrogen-bond donors (Lipinski definition) is 0. The molecule has 0 atom stereocenters. The molecule has 0 saturated carbocycles. The Morgan fingerprint density at radius 2 is 1.64 bits per heavy atom.